The fraction of sp³-hybridized carbons (Fsp3) is 0.500. The van der Waals surface area contributed by atoms with Crippen LogP contribution in [0, 0.1) is 71.5 Å². The third kappa shape index (κ3) is 4.25. The normalized spacial score (nSPS) is 20.6. The molecule has 35 heavy (non-hydrogen) atoms. The molecule has 19 nitrogen and oxygen atoms in total. The van der Waals surface area contributed by atoms with Crippen molar-refractivity contribution in [2.24, 2.45) is 10.8 Å². The molecule has 0 aliphatic heterocycles. The summed E-state index contributed by atoms with van der Waals surface area (Å²) in [5.41, 5.74) is -10.7. The Morgan fingerprint density at radius 2 is 1.17 bits per heavy atom. The topological polar surface area (TPSA) is 271 Å². The molecule has 188 valence electrons. The van der Waals surface area contributed by atoms with Crippen LogP contribution in [0.15, 0.2) is 23.5 Å². The van der Waals surface area contributed by atoms with Crippen molar-refractivity contribution in [2.45, 2.75) is 39.8 Å². The Labute approximate surface area is 193 Å². The Balaban J connectivity index is 3.06. The number of hydrogen-bond donors (Lipinski definition) is 1. The molecule has 0 saturated heterocycles. The van der Waals surface area contributed by atoms with Gasteiger partial charge in [-0.2, -0.15) is 0 Å². The van der Waals surface area contributed by atoms with Crippen molar-refractivity contribution < 1.29 is 29.5 Å². The number of hydrogen-bond acceptors (Lipinski definition) is 13. The molecular formula is C16H17N7O12. The Morgan fingerprint density at radius 1 is 0.714 bits per heavy atom. The molecular weight excluding hydrogens is 482 g/mol. The molecule has 1 aromatic rings. The number of anilines is 1. The van der Waals surface area contributed by atoms with Gasteiger partial charge in [0.2, 0.25) is 6.04 Å². The second-order valence-corrected chi connectivity index (χ2v) is 8.69. The van der Waals surface area contributed by atoms with Crippen LogP contribution in [0.5, 0.6) is 0 Å². The van der Waals surface area contributed by atoms with Gasteiger partial charge in [0.05, 0.1) is 31.8 Å². The van der Waals surface area contributed by atoms with Gasteiger partial charge in [-0.3, -0.25) is 60.7 Å². The Bertz CT molecular complexity index is 1190. The highest BCUT2D eigenvalue weighted by atomic mass is 16.7. The molecule has 2 unspecified atom stereocenters. The number of nitro groups is 6. The van der Waals surface area contributed by atoms with Gasteiger partial charge in [0.1, 0.15) is 10.8 Å². The van der Waals surface area contributed by atoms with E-state index in [0.717, 1.165) is 27.7 Å². The average Bonchev–Trinajstić information content (AvgIpc) is 2.64. The zero-order valence-electron chi connectivity index (χ0n) is 18.4. The summed E-state index contributed by atoms with van der Waals surface area (Å²) >= 11 is 0. The first-order valence-corrected chi connectivity index (χ1v) is 9.41. The SMILES string of the molecule is CC1(C)C([N+](=O)[O-])=C(Nc2c([N+](=O)[O-])cc([N+](=O)[O-])cc2[N+](=O)[O-])C([N+](=O)[O-])C(C)(C)C1[N+](=O)[O-]. The predicted octanol–water partition coefficient (Wildman–Crippen LogP) is 2.67. The standard InChI is InChI=1S/C16H17N7O12/c1-15(2)12(21(30)31)11(13(22(32)33)16(3,4)14(15)23(34)35)17-10-8(19(26)27)5-7(18(24)25)6-9(10)20(28)29/h5-6,12,14,17H,1-4H3. The molecule has 0 amide bonds. The van der Waals surface area contributed by atoms with Crippen LogP contribution in [0.2, 0.25) is 0 Å². The van der Waals surface area contributed by atoms with Crippen LogP contribution in [0.4, 0.5) is 22.7 Å². The van der Waals surface area contributed by atoms with Crippen LogP contribution < -0.4 is 5.32 Å². The molecule has 0 radical (unpaired) electrons. The molecule has 0 aromatic heterocycles. The zero-order valence-corrected chi connectivity index (χ0v) is 18.4. The minimum atomic E-state index is -2.25. The molecule has 19 heteroatoms. The third-order valence-electron chi connectivity index (χ3n) is 5.78. The largest absolute Gasteiger partial charge is 0.337 e. The van der Waals surface area contributed by atoms with Crippen molar-refractivity contribution in [1.82, 2.24) is 0 Å². The number of nitrogens with zero attached hydrogens (tertiary/aromatic N) is 6. The van der Waals surface area contributed by atoms with E-state index in [4.69, 9.17) is 0 Å². The summed E-state index contributed by atoms with van der Waals surface area (Å²) in [4.78, 5) is 63.3. The van der Waals surface area contributed by atoms with Crippen molar-refractivity contribution in [1.29, 1.82) is 0 Å². The van der Waals surface area contributed by atoms with Crippen molar-refractivity contribution in [3.63, 3.8) is 0 Å². The maximum atomic E-state index is 12.0. The average molecular weight is 499 g/mol. The summed E-state index contributed by atoms with van der Waals surface area (Å²) in [6.07, 6.45) is 0. The van der Waals surface area contributed by atoms with E-state index in [9.17, 15) is 60.7 Å². The first-order valence-electron chi connectivity index (χ1n) is 9.41. The lowest BCUT2D eigenvalue weighted by Crippen LogP contribution is -2.61. The number of rotatable bonds is 8. The van der Waals surface area contributed by atoms with Gasteiger partial charge >= 0.3 is 11.4 Å². The third-order valence-corrected chi connectivity index (χ3v) is 5.78. The second kappa shape index (κ2) is 8.50. The minimum Gasteiger partial charge on any atom is -0.337 e. The monoisotopic (exact) mass is 499 g/mol. The lowest BCUT2D eigenvalue weighted by atomic mass is 9.60. The summed E-state index contributed by atoms with van der Waals surface area (Å²) in [6.45, 7) is 4.31. The van der Waals surface area contributed by atoms with E-state index in [-0.39, 0.29) is 0 Å². The predicted molar refractivity (Wildman–Crippen MR) is 113 cm³/mol. The van der Waals surface area contributed by atoms with Crippen molar-refractivity contribution in [3.8, 4) is 0 Å². The van der Waals surface area contributed by atoms with Crippen LogP contribution in [-0.4, -0.2) is 41.6 Å². The van der Waals surface area contributed by atoms with Crippen molar-refractivity contribution in [3.05, 3.63) is 84.2 Å². The van der Waals surface area contributed by atoms with E-state index < -0.39 is 86.6 Å². The molecule has 1 aliphatic carbocycles. The van der Waals surface area contributed by atoms with E-state index in [1.807, 2.05) is 5.32 Å². The number of nitro benzene ring substituents is 3. The highest BCUT2D eigenvalue weighted by molar-refractivity contribution is 5.79. The molecule has 0 heterocycles. The van der Waals surface area contributed by atoms with Gasteiger partial charge in [-0.25, -0.2) is 0 Å². The zero-order chi connectivity index (χ0) is 27.2. The molecule has 0 spiro atoms. The summed E-state index contributed by atoms with van der Waals surface area (Å²) in [5.74, 6) is 0. The minimum absolute atomic E-state index is 0.335. The molecule has 2 atom stereocenters. The van der Waals surface area contributed by atoms with Gasteiger partial charge in [-0.15, -0.1) is 0 Å². The maximum Gasteiger partial charge on any atom is 0.306 e. The van der Waals surface area contributed by atoms with E-state index in [0.29, 0.717) is 12.1 Å². The highest BCUT2D eigenvalue weighted by Crippen LogP contribution is 2.52. The Kier molecular flexibility index (Phi) is 6.41. The van der Waals surface area contributed by atoms with Crippen LogP contribution in [0.1, 0.15) is 27.7 Å². The Hall–Kier alpha value is -4.84. The second-order valence-electron chi connectivity index (χ2n) is 8.69. The summed E-state index contributed by atoms with van der Waals surface area (Å²) in [6, 6.07) is -3.47. The fourth-order valence-electron chi connectivity index (χ4n) is 4.68. The smallest absolute Gasteiger partial charge is 0.306 e. The number of benzene rings is 1. The molecule has 2 rings (SSSR count). The van der Waals surface area contributed by atoms with Crippen LogP contribution in [-0.2, 0) is 0 Å². The quantitative estimate of drug-likeness (QED) is 0.398. The van der Waals surface area contributed by atoms with Crippen molar-refractivity contribution >= 4 is 22.7 Å². The molecule has 0 saturated carbocycles. The van der Waals surface area contributed by atoms with Crippen molar-refractivity contribution in [2.75, 3.05) is 5.32 Å². The van der Waals surface area contributed by atoms with E-state index in [2.05, 4.69) is 0 Å². The van der Waals surface area contributed by atoms with Gasteiger partial charge < -0.3 is 5.32 Å². The summed E-state index contributed by atoms with van der Waals surface area (Å²) < 4.78 is 0. The van der Waals surface area contributed by atoms with Gasteiger partial charge in [-0.1, -0.05) is 0 Å². The fourth-order valence-corrected chi connectivity index (χ4v) is 4.68. The van der Waals surface area contributed by atoms with Gasteiger partial charge in [0.15, 0.2) is 11.4 Å². The highest BCUT2D eigenvalue weighted by Gasteiger charge is 2.69. The van der Waals surface area contributed by atoms with Gasteiger partial charge in [-0.05, 0) is 27.7 Å². The van der Waals surface area contributed by atoms with E-state index in [1.54, 1.807) is 0 Å². The lowest BCUT2D eigenvalue weighted by molar-refractivity contribution is -0.608. The van der Waals surface area contributed by atoms with Gasteiger partial charge in [0.25, 0.3) is 17.4 Å². The Morgan fingerprint density at radius 3 is 1.49 bits per heavy atom. The van der Waals surface area contributed by atoms with E-state index in [1.165, 1.54) is 0 Å². The van der Waals surface area contributed by atoms with Crippen LogP contribution in [0.25, 0.3) is 0 Å². The summed E-state index contributed by atoms with van der Waals surface area (Å²) in [7, 11) is 0. The first-order chi connectivity index (χ1) is 15.9. The van der Waals surface area contributed by atoms with Crippen LogP contribution >= 0.6 is 0 Å². The molecule has 1 aliphatic rings. The van der Waals surface area contributed by atoms with E-state index >= 15 is 0 Å². The summed E-state index contributed by atoms with van der Waals surface area (Å²) in [5, 5.41) is 72.2. The lowest BCUT2D eigenvalue weighted by Gasteiger charge is -2.42. The molecule has 0 bridgehead atoms. The molecule has 0 fully saturated rings. The van der Waals surface area contributed by atoms with Gasteiger partial charge in [0, 0.05) is 9.85 Å². The number of nitrogens with one attached hydrogen (secondary N) is 1. The molecule has 1 aromatic carbocycles. The van der Waals surface area contributed by atoms with Crippen LogP contribution in [0.3, 0.4) is 0 Å². The number of non-ortho nitro benzene ring substituents is 1. The maximum absolute atomic E-state index is 12.0. The first kappa shape index (κ1) is 26.4. The molecule has 1 N–H and O–H groups in total.